The number of methoxy groups -OCH3 is 1. The lowest BCUT2D eigenvalue weighted by Crippen LogP contribution is -1.98. The molecule has 3 nitrogen and oxygen atoms in total. The van der Waals surface area contributed by atoms with E-state index in [1.54, 1.807) is 13.2 Å². The van der Waals surface area contributed by atoms with Crippen LogP contribution in [0.2, 0.25) is 0 Å². The lowest BCUT2D eigenvalue weighted by molar-refractivity contribution is 0.276. The number of aliphatic hydroxyl groups excluding tert-OH is 1. The predicted molar refractivity (Wildman–Crippen MR) is 77.3 cm³/mol. The normalized spacial score (nSPS) is 10.4. The molecule has 0 radical (unpaired) electrons. The average molecular weight is 341 g/mol. The first-order valence-corrected chi connectivity index (χ1v) is 6.78. The molecule has 0 atom stereocenters. The summed E-state index contributed by atoms with van der Waals surface area (Å²) >= 11 is 3.38. The Labute approximate surface area is 125 Å². The van der Waals surface area contributed by atoms with Gasteiger partial charge in [-0.05, 0) is 51.3 Å². The van der Waals surface area contributed by atoms with Gasteiger partial charge in [-0.25, -0.2) is 4.39 Å². The van der Waals surface area contributed by atoms with E-state index in [0.29, 0.717) is 5.56 Å². The van der Waals surface area contributed by atoms with E-state index in [1.807, 2.05) is 18.2 Å². The zero-order valence-electron chi connectivity index (χ0n) is 10.9. The summed E-state index contributed by atoms with van der Waals surface area (Å²) in [6, 6.07) is 9.93. The molecule has 1 N–H and O–H groups in total. The van der Waals surface area contributed by atoms with Crippen molar-refractivity contribution in [2.24, 2.45) is 0 Å². The molecule has 0 bridgehead atoms. The van der Waals surface area contributed by atoms with Crippen LogP contribution in [0, 0.1) is 5.82 Å². The lowest BCUT2D eigenvalue weighted by atomic mass is 10.2. The number of halogens is 2. The van der Waals surface area contributed by atoms with E-state index in [2.05, 4.69) is 15.9 Å². The van der Waals surface area contributed by atoms with Crippen molar-refractivity contribution in [2.75, 3.05) is 7.11 Å². The maximum atomic E-state index is 13.7. The fourth-order valence-electron chi connectivity index (χ4n) is 1.72. The Morgan fingerprint density at radius 1 is 1.10 bits per heavy atom. The summed E-state index contributed by atoms with van der Waals surface area (Å²) in [5, 5.41) is 8.92. The molecule has 5 heteroatoms. The Balaban J connectivity index is 2.07. The van der Waals surface area contributed by atoms with Crippen molar-refractivity contribution < 1.29 is 19.0 Å². The highest BCUT2D eigenvalue weighted by molar-refractivity contribution is 9.10. The minimum Gasteiger partial charge on any atom is -0.496 e. The quantitative estimate of drug-likeness (QED) is 0.902. The van der Waals surface area contributed by atoms with Gasteiger partial charge in [0, 0.05) is 0 Å². The van der Waals surface area contributed by atoms with E-state index in [4.69, 9.17) is 14.6 Å². The van der Waals surface area contributed by atoms with Crippen LogP contribution in [0.25, 0.3) is 0 Å². The molecule has 2 aromatic carbocycles. The molecule has 0 heterocycles. The van der Waals surface area contributed by atoms with Crippen molar-refractivity contribution in [2.45, 2.75) is 13.2 Å². The topological polar surface area (TPSA) is 38.7 Å². The highest BCUT2D eigenvalue weighted by atomic mass is 79.9. The molecule has 0 unspecified atom stereocenters. The van der Waals surface area contributed by atoms with Gasteiger partial charge in [0.15, 0.2) is 11.6 Å². The molecule has 0 spiro atoms. The first-order chi connectivity index (χ1) is 9.63. The molecular weight excluding hydrogens is 327 g/mol. The van der Waals surface area contributed by atoms with Gasteiger partial charge in [-0.15, -0.1) is 0 Å². The minimum atomic E-state index is -0.482. The maximum absolute atomic E-state index is 13.7. The second-order valence-electron chi connectivity index (χ2n) is 4.18. The van der Waals surface area contributed by atoms with Gasteiger partial charge in [0.05, 0.1) is 18.2 Å². The summed E-state index contributed by atoms with van der Waals surface area (Å²) in [4.78, 5) is 0. The van der Waals surface area contributed by atoms with Crippen molar-refractivity contribution in [1.82, 2.24) is 0 Å². The summed E-state index contributed by atoms with van der Waals surface area (Å²) in [5.41, 5.74) is 1.41. The average Bonchev–Trinajstić information content (AvgIpc) is 2.46. The molecule has 0 aromatic heterocycles. The SMILES string of the molecule is COc1ccc(COc2ccc(CO)cc2F)cc1Br. The van der Waals surface area contributed by atoms with Crippen LogP contribution in [0.5, 0.6) is 11.5 Å². The van der Waals surface area contributed by atoms with Crippen LogP contribution in [0.3, 0.4) is 0 Å². The van der Waals surface area contributed by atoms with Crippen molar-refractivity contribution in [3.8, 4) is 11.5 Å². The summed E-state index contributed by atoms with van der Waals surface area (Å²) < 4.78 is 25.1. The van der Waals surface area contributed by atoms with Crippen LogP contribution in [0.4, 0.5) is 4.39 Å². The molecule has 0 aliphatic rings. The van der Waals surface area contributed by atoms with Crippen molar-refractivity contribution >= 4 is 15.9 Å². The van der Waals surface area contributed by atoms with Gasteiger partial charge in [0.25, 0.3) is 0 Å². The molecule has 0 amide bonds. The molecule has 0 aliphatic carbocycles. The first kappa shape index (κ1) is 14.8. The summed E-state index contributed by atoms with van der Waals surface area (Å²) in [6.07, 6.45) is 0. The molecule has 0 aliphatic heterocycles. The number of aliphatic hydroxyl groups is 1. The monoisotopic (exact) mass is 340 g/mol. The fraction of sp³-hybridized carbons (Fsp3) is 0.200. The molecular formula is C15H14BrFO3. The maximum Gasteiger partial charge on any atom is 0.165 e. The summed E-state index contributed by atoms with van der Waals surface area (Å²) in [7, 11) is 1.59. The van der Waals surface area contributed by atoms with E-state index in [0.717, 1.165) is 15.8 Å². The second-order valence-corrected chi connectivity index (χ2v) is 5.03. The molecule has 2 rings (SSSR count). The Morgan fingerprint density at radius 3 is 2.40 bits per heavy atom. The van der Waals surface area contributed by atoms with Crippen LogP contribution in [-0.2, 0) is 13.2 Å². The van der Waals surface area contributed by atoms with Gasteiger partial charge in [-0.3, -0.25) is 0 Å². The van der Waals surface area contributed by atoms with E-state index < -0.39 is 5.82 Å². The van der Waals surface area contributed by atoms with Gasteiger partial charge in [0.2, 0.25) is 0 Å². The standard InChI is InChI=1S/C15H14BrFO3/c1-19-14-4-3-11(6-12(14)16)9-20-15-5-2-10(8-18)7-13(15)17/h2-7,18H,8-9H2,1H3. The zero-order chi connectivity index (χ0) is 14.5. The second kappa shape index (κ2) is 6.72. The van der Waals surface area contributed by atoms with E-state index >= 15 is 0 Å². The Kier molecular flexibility index (Phi) is 4.98. The van der Waals surface area contributed by atoms with Crippen molar-refractivity contribution in [1.29, 1.82) is 0 Å². The third-order valence-corrected chi connectivity index (χ3v) is 3.41. The third-order valence-electron chi connectivity index (χ3n) is 2.79. The summed E-state index contributed by atoms with van der Waals surface area (Å²) in [6.45, 7) is 0.0562. The van der Waals surface area contributed by atoms with E-state index in [9.17, 15) is 4.39 Å². The third kappa shape index (κ3) is 3.49. The Morgan fingerprint density at radius 2 is 1.80 bits per heavy atom. The van der Waals surface area contributed by atoms with Gasteiger partial charge in [-0.2, -0.15) is 0 Å². The van der Waals surface area contributed by atoms with Crippen LogP contribution < -0.4 is 9.47 Å². The van der Waals surface area contributed by atoms with Gasteiger partial charge < -0.3 is 14.6 Å². The molecule has 0 saturated heterocycles. The number of benzene rings is 2. The fourth-order valence-corrected chi connectivity index (χ4v) is 2.31. The number of hydrogen-bond acceptors (Lipinski definition) is 3. The number of hydrogen-bond donors (Lipinski definition) is 1. The van der Waals surface area contributed by atoms with Crippen molar-refractivity contribution in [3.05, 3.63) is 57.8 Å². The van der Waals surface area contributed by atoms with E-state index in [1.165, 1.54) is 12.1 Å². The molecule has 20 heavy (non-hydrogen) atoms. The lowest BCUT2D eigenvalue weighted by Gasteiger charge is -2.10. The minimum absolute atomic E-state index is 0.161. The largest absolute Gasteiger partial charge is 0.496 e. The molecule has 106 valence electrons. The molecule has 0 saturated carbocycles. The molecule has 2 aromatic rings. The number of rotatable bonds is 5. The van der Waals surface area contributed by atoms with E-state index in [-0.39, 0.29) is 19.0 Å². The number of ether oxygens (including phenoxy) is 2. The zero-order valence-corrected chi connectivity index (χ0v) is 12.5. The van der Waals surface area contributed by atoms with Crippen LogP contribution >= 0.6 is 15.9 Å². The van der Waals surface area contributed by atoms with Gasteiger partial charge in [0.1, 0.15) is 12.4 Å². The van der Waals surface area contributed by atoms with Crippen LogP contribution in [0.15, 0.2) is 40.9 Å². The Hall–Kier alpha value is -1.59. The highest BCUT2D eigenvalue weighted by Gasteiger charge is 2.06. The first-order valence-electron chi connectivity index (χ1n) is 5.98. The highest BCUT2D eigenvalue weighted by Crippen LogP contribution is 2.26. The smallest absolute Gasteiger partial charge is 0.165 e. The van der Waals surface area contributed by atoms with Crippen LogP contribution in [-0.4, -0.2) is 12.2 Å². The Bertz CT molecular complexity index is 602. The summed E-state index contributed by atoms with van der Waals surface area (Å²) in [5.74, 6) is 0.408. The van der Waals surface area contributed by atoms with Crippen LogP contribution in [0.1, 0.15) is 11.1 Å². The molecule has 0 fully saturated rings. The predicted octanol–water partition coefficient (Wildman–Crippen LogP) is 3.67. The van der Waals surface area contributed by atoms with Crippen molar-refractivity contribution in [3.63, 3.8) is 0 Å². The van der Waals surface area contributed by atoms with Gasteiger partial charge in [-0.1, -0.05) is 12.1 Å². The van der Waals surface area contributed by atoms with Gasteiger partial charge >= 0.3 is 0 Å².